The summed E-state index contributed by atoms with van der Waals surface area (Å²) >= 11 is 3.55. The fraction of sp³-hybridized carbons (Fsp3) is 0. The minimum Gasteiger partial charge on any atom is -0.354 e. The van der Waals surface area contributed by atoms with Crippen molar-refractivity contribution in [1.82, 2.24) is 4.98 Å². The van der Waals surface area contributed by atoms with Gasteiger partial charge >= 0.3 is 0 Å². The van der Waals surface area contributed by atoms with Crippen LogP contribution in [-0.2, 0) is 0 Å². The summed E-state index contributed by atoms with van der Waals surface area (Å²) in [5.41, 5.74) is 4.84. The number of hydrogen-bond acceptors (Lipinski definition) is 0. The van der Waals surface area contributed by atoms with Gasteiger partial charge in [0.05, 0.1) is 5.52 Å². The molecular weight excluding hydrogens is 310 g/mol. The van der Waals surface area contributed by atoms with Crippen LogP contribution >= 0.6 is 15.9 Å². The summed E-state index contributed by atoms with van der Waals surface area (Å²) in [6, 6.07) is 23.3. The molecule has 0 radical (unpaired) electrons. The zero-order valence-electron chi connectivity index (χ0n) is 10.7. The zero-order chi connectivity index (χ0) is 13.5. The van der Waals surface area contributed by atoms with Crippen LogP contribution < -0.4 is 0 Å². The summed E-state index contributed by atoms with van der Waals surface area (Å²) in [4.78, 5) is 3.55. The molecule has 1 N–H and O–H groups in total. The summed E-state index contributed by atoms with van der Waals surface area (Å²) in [5.74, 6) is 0. The van der Waals surface area contributed by atoms with Crippen molar-refractivity contribution < 1.29 is 0 Å². The molecule has 20 heavy (non-hydrogen) atoms. The van der Waals surface area contributed by atoms with E-state index in [1.54, 1.807) is 0 Å². The Hall–Kier alpha value is -2.06. The SMILES string of the molecule is Brc1cccc(-c2cccc3c2[nH]c2ccccc23)c1. The van der Waals surface area contributed by atoms with E-state index in [4.69, 9.17) is 0 Å². The average molecular weight is 322 g/mol. The number of benzene rings is 3. The van der Waals surface area contributed by atoms with Crippen molar-refractivity contribution in [2.24, 2.45) is 0 Å². The summed E-state index contributed by atoms with van der Waals surface area (Å²) in [6.07, 6.45) is 0. The molecule has 0 unspecified atom stereocenters. The molecule has 0 bridgehead atoms. The standard InChI is InChI=1S/C18H12BrN/c19-13-6-3-5-12(11-13)14-8-4-9-16-15-7-1-2-10-17(15)20-18(14)16/h1-11,20H. The van der Waals surface area contributed by atoms with Crippen LogP contribution in [0.25, 0.3) is 32.9 Å². The van der Waals surface area contributed by atoms with Gasteiger partial charge in [0.2, 0.25) is 0 Å². The van der Waals surface area contributed by atoms with Crippen LogP contribution in [0.1, 0.15) is 0 Å². The third kappa shape index (κ3) is 1.76. The maximum Gasteiger partial charge on any atom is 0.0544 e. The predicted octanol–water partition coefficient (Wildman–Crippen LogP) is 5.75. The molecule has 0 aliphatic heterocycles. The normalized spacial score (nSPS) is 11.2. The summed E-state index contributed by atoms with van der Waals surface area (Å²) in [6.45, 7) is 0. The zero-order valence-corrected chi connectivity index (χ0v) is 12.3. The second-order valence-corrected chi connectivity index (χ2v) is 5.82. The molecular formula is C18H12BrN. The van der Waals surface area contributed by atoms with Crippen molar-refractivity contribution in [3.63, 3.8) is 0 Å². The second-order valence-electron chi connectivity index (χ2n) is 4.91. The molecule has 0 saturated heterocycles. The third-order valence-corrected chi connectivity index (χ3v) is 4.17. The Morgan fingerprint density at radius 2 is 1.55 bits per heavy atom. The number of halogens is 1. The Morgan fingerprint density at radius 3 is 2.45 bits per heavy atom. The Kier molecular flexibility index (Phi) is 2.64. The van der Waals surface area contributed by atoms with E-state index < -0.39 is 0 Å². The molecule has 1 heterocycles. The monoisotopic (exact) mass is 321 g/mol. The van der Waals surface area contributed by atoms with Gasteiger partial charge in [-0.1, -0.05) is 64.5 Å². The number of aromatic amines is 1. The Labute approximate surface area is 125 Å². The van der Waals surface area contributed by atoms with Crippen molar-refractivity contribution >= 4 is 37.7 Å². The molecule has 1 nitrogen and oxygen atoms in total. The summed E-state index contributed by atoms with van der Waals surface area (Å²) < 4.78 is 1.10. The number of aromatic nitrogens is 1. The number of hydrogen-bond donors (Lipinski definition) is 1. The van der Waals surface area contributed by atoms with Gasteiger partial charge in [-0.05, 0) is 23.8 Å². The molecule has 4 aromatic rings. The number of para-hydroxylation sites is 2. The minimum absolute atomic E-state index is 1.10. The highest BCUT2D eigenvalue weighted by atomic mass is 79.9. The first-order chi connectivity index (χ1) is 9.83. The van der Waals surface area contributed by atoms with Crippen molar-refractivity contribution in [2.45, 2.75) is 0 Å². The van der Waals surface area contributed by atoms with Gasteiger partial charge in [0.25, 0.3) is 0 Å². The summed E-state index contributed by atoms with van der Waals surface area (Å²) in [7, 11) is 0. The fourth-order valence-corrected chi connectivity index (χ4v) is 3.17. The van der Waals surface area contributed by atoms with Crippen LogP contribution in [0.15, 0.2) is 71.2 Å². The van der Waals surface area contributed by atoms with Gasteiger partial charge in [0, 0.05) is 26.3 Å². The van der Waals surface area contributed by atoms with Crippen molar-refractivity contribution in [3.05, 3.63) is 71.2 Å². The largest absolute Gasteiger partial charge is 0.354 e. The first kappa shape index (κ1) is 11.7. The van der Waals surface area contributed by atoms with Crippen LogP contribution in [0, 0.1) is 0 Å². The maximum atomic E-state index is 3.55. The summed E-state index contributed by atoms with van der Waals surface area (Å²) in [5, 5.41) is 2.55. The molecule has 0 atom stereocenters. The highest BCUT2D eigenvalue weighted by Crippen LogP contribution is 2.33. The van der Waals surface area contributed by atoms with Crippen LogP contribution in [0.2, 0.25) is 0 Å². The van der Waals surface area contributed by atoms with E-state index in [1.165, 1.54) is 32.9 Å². The van der Waals surface area contributed by atoms with Gasteiger partial charge in [-0.3, -0.25) is 0 Å². The highest BCUT2D eigenvalue weighted by molar-refractivity contribution is 9.10. The van der Waals surface area contributed by atoms with E-state index in [1.807, 2.05) is 0 Å². The quantitative estimate of drug-likeness (QED) is 0.459. The van der Waals surface area contributed by atoms with Crippen LogP contribution in [0.3, 0.4) is 0 Å². The van der Waals surface area contributed by atoms with Crippen molar-refractivity contribution in [2.75, 3.05) is 0 Å². The second kappa shape index (κ2) is 4.50. The van der Waals surface area contributed by atoms with E-state index in [2.05, 4.69) is 87.6 Å². The highest BCUT2D eigenvalue weighted by Gasteiger charge is 2.08. The first-order valence-electron chi connectivity index (χ1n) is 6.58. The van der Waals surface area contributed by atoms with E-state index in [-0.39, 0.29) is 0 Å². The molecule has 0 fully saturated rings. The molecule has 4 rings (SSSR count). The fourth-order valence-electron chi connectivity index (χ4n) is 2.77. The number of nitrogens with one attached hydrogen (secondary N) is 1. The molecule has 1 aromatic heterocycles. The molecule has 0 saturated carbocycles. The van der Waals surface area contributed by atoms with Gasteiger partial charge in [-0.2, -0.15) is 0 Å². The molecule has 3 aromatic carbocycles. The Balaban J connectivity index is 2.10. The van der Waals surface area contributed by atoms with E-state index in [9.17, 15) is 0 Å². The van der Waals surface area contributed by atoms with Gasteiger partial charge in [-0.25, -0.2) is 0 Å². The maximum absolute atomic E-state index is 3.55. The first-order valence-corrected chi connectivity index (χ1v) is 7.37. The smallest absolute Gasteiger partial charge is 0.0544 e. The number of H-pyrrole nitrogens is 1. The Bertz CT molecular complexity index is 921. The van der Waals surface area contributed by atoms with Crippen LogP contribution in [0.5, 0.6) is 0 Å². The molecule has 0 amide bonds. The lowest BCUT2D eigenvalue weighted by atomic mass is 10.0. The predicted molar refractivity (Wildman–Crippen MR) is 88.9 cm³/mol. The topological polar surface area (TPSA) is 15.8 Å². The van der Waals surface area contributed by atoms with Gasteiger partial charge in [0.15, 0.2) is 0 Å². The molecule has 0 spiro atoms. The van der Waals surface area contributed by atoms with Crippen molar-refractivity contribution in [3.8, 4) is 11.1 Å². The molecule has 0 aliphatic carbocycles. The van der Waals surface area contributed by atoms with Gasteiger partial charge < -0.3 is 4.98 Å². The third-order valence-electron chi connectivity index (χ3n) is 3.68. The van der Waals surface area contributed by atoms with Crippen molar-refractivity contribution in [1.29, 1.82) is 0 Å². The molecule has 96 valence electrons. The van der Waals surface area contributed by atoms with Crippen LogP contribution in [0.4, 0.5) is 0 Å². The average Bonchev–Trinajstić information content (AvgIpc) is 2.86. The molecule has 2 heteroatoms. The number of fused-ring (bicyclic) bond motifs is 3. The Morgan fingerprint density at radius 1 is 0.750 bits per heavy atom. The lowest BCUT2D eigenvalue weighted by Gasteiger charge is -2.04. The van der Waals surface area contributed by atoms with Crippen LogP contribution in [-0.4, -0.2) is 4.98 Å². The van der Waals surface area contributed by atoms with E-state index in [0.29, 0.717) is 0 Å². The van der Waals surface area contributed by atoms with E-state index >= 15 is 0 Å². The lowest BCUT2D eigenvalue weighted by Crippen LogP contribution is -1.80. The lowest BCUT2D eigenvalue weighted by molar-refractivity contribution is 1.53. The van der Waals surface area contributed by atoms with E-state index in [0.717, 1.165) is 4.47 Å². The molecule has 0 aliphatic rings. The minimum atomic E-state index is 1.10. The van der Waals surface area contributed by atoms with Gasteiger partial charge in [0.1, 0.15) is 0 Å². The number of rotatable bonds is 1. The van der Waals surface area contributed by atoms with Gasteiger partial charge in [-0.15, -0.1) is 0 Å².